The number of pyridine rings is 2. The summed E-state index contributed by atoms with van der Waals surface area (Å²) in [6.45, 7) is 1.94. The SMILES string of the molecule is Cc1cccc2c3cc(F)ccc3c(O)c[n+]12. The second kappa shape index (κ2) is 3.42. The molecule has 2 aromatic heterocycles. The number of hydrogen-bond acceptors (Lipinski definition) is 1. The third-order valence-electron chi connectivity index (χ3n) is 3.02. The van der Waals surface area contributed by atoms with Gasteiger partial charge in [0, 0.05) is 24.4 Å². The Bertz CT molecular complexity index is 737. The van der Waals surface area contributed by atoms with Crippen LogP contribution in [0.4, 0.5) is 4.39 Å². The van der Waals surface area contributed by atoms with E-state index in [4.69, 9.17) is 0 Å². The quantitative estimate of drug-likeness (QED) is 0.464. The van der Waals surface area contributed by atoms with Crippen LogP contribution in [0.3, 0.4) is 0 Å². The largest absolute Gasteiger partial charge is 0.502 e. The molecule has 3 heteroatoms. The molecular formula is C14H11FNO+. The highest BCUT2D eigenvalue weighted by atomic mass is 19.1. The van der Waals surface area contributed by atoms with Crippen molar-refractivity contribution in [2.24, 2.45) is 0 Å². The van der Waals surface area contributed by atoms with Crippen molar-refractivity contribution in [3.63, 3.8) is 0 Å². The van der Waals surface area contributed by atoms with Crippen LogP contribution < -0.4 is 4.40 Å². The standard InChI is InChI=1S/C14H10FNO/c1-9-3-2-4-13-12-7-10(15)5-6-11(12)14(17)8-16(9)13/h2-8H,1H3/p+1. The van der Waals surface area contributed by atoms with E-state index >= 15 is 0 Å². The van der Waals surface area contributed by atoms with Crippen LogP contribution in [0.15, 0.2) is 42.6 Å². The Morgan fingerprint density at radius 1 is 1.12 bits per heavy atom. The summed E-state index contributed by atoms with van der Waals surface area (Å²) in [6, 6.07) is 10.2. The van der Waals surface area contributed by atoms with Crippen molar-refractivity contribution in [3.05, 3.63) is 54.1 Å². The van der Waals surface area contributed by atoms with Gasteiger partial charge in [-0.2, -0.15) is 4.40 Å². The van der Waals surface area contributed by atoms with Gasteiger partial charge in [-0.15, -0.1) is 0 Å². The maximum atomic E-state index is 13.3. The van der Waals surface area contributed by atoms with Gasteiger partial charge in [0.2, 0.25) is 11.7 Å². The Morgan fingerprint density at radius 3 is 2.76 bits per heavy atom. The van der Waals surface area contributed by atoms with E-state index in [1.54, 1.807) is 12.3 Å². The number of hydrogen-bond donors (Lipinski definition) is 1. The van der Waals surface area contributed by atoms with Gasteiger partial charge in [-0.25, -0.2) is 4.39 Å². The number of aryl methyl sites for hydroxylation is 1. The highest BCUT2D eigenvalue weighted by Crippen LogP contribution is 2.26. The fourth-order valence-electron chi connectivity index (χ4n) is 2.16. The zero-order valence-corrected chi connectivity index (χ0v) is 9.31. The van der Waals surface area contributed by atoms with Crippen molar-refractivity contribution in [1.29, 1.82) is 0 Å². The van der Waals surface area contributed by atoms with Crippen molar-refractivity contribution in [1.82, 2.24) is 0 Å². The van der Waals surface area contributed by atoms with Gasteiger partial charge >= 0.3 is 0 Å². The van der Waals surface area contributed by atoms with Crippen molar-refractivity contribution in [3.8, 4) is 5.75 Å². The van der Waals surface area contributed by atoms with Gasteiger partial charge in [0.15, 0.2) is 11.4 Å². The molecule has 0 aliphatic heterocycles. The number of aromatic nitrogens is 1. The molecule has 0 fully saturated rings. The summed E-state index contributed by atoms with van der Waals surface area (Å²) < 4.78 is 15.2. The Hall–Kier alpha value is -2.16. The molecule has 0 saturated heterocycles. The molecule has 0 saturated carbocycles. The van der Waals surface area contributed by atoms with Crippen molar-refractivity contribution in [2.45, 2.75) is 6.92 Å². The maximum absolute atomic E-state index is 13.3. The molecule has 3 rings (SSSR count). The first-order valence-electron chi connectivity index (χ1n) is 5.39. The topological polar surface area (TPSA) is 24.3 Å². The molecule has 0 aliphatic carbocycles. The van der Waals surface area contributed by atoms with E-state index in [-0.39, 0.29) is 11.6 Å². The van der Waals surface area contributed by atoms with E-state index in [1.807, 2.05) is 29.5 Å². The molecule has 84 valence electrons. The molecular weight excluding hydrogens is 217 g/mol. The van der Waals surface area contributed by atoms with Gasteiger partial charge in [0.25, 0.3) is 0 Å². The highest BCUT2D eigenvalue weighted by molar-refractivity contribution is 5.97. The molecule has 0 radical (unpaired) electrons. The normalized spacial score (nSPS) is 11.2. The Kier molecular flexibility index (Phi) is 2.01. The van der Waals surface area contributed by atoms with Crippen LogP contribution in [0.2, 0.25) is 0 Å². The molecule has 0 spiro atoms. The first-order chi connectivity index (χ1) is 8.16. The summed E-state index contributed by atoms with van der Waals surface area (Å²) in [5, 5.41) is 11.3. The maximum Gasteiger partial charge on any atom is 0.219 e. The minimum atomic E-state index is -0.300. The summed E-state index contributed by atoms with van der Waals surface area (Å²) in [5.74, 6) is -0.140. The molecule has 0 bridgehead atoms. The second-order valence-electron chi connectivity index (χ2n) is 4.13. The smallest absolute Gasteiger partial charge is 0.219 e. The number of aromatic hydroxyl groups is 1. The average molecular weight is 228 g/mol. The zero-order valence-electron chi connectivity index (χ0n) is 9.31. The van der Waals surface area contributed by atoms with Crippen molar-refractivity contribution in [2.75, 3.05) is 0 Å². The first kappa shape index (κ1) is 10.0. The Morgan fingerprint density at radius 2 is 1.94 bits per heavy atom. The van der Waals surface area contributed by atoms with Crippen LogP contribution in [0.25, 0.3) is 16.3 Å². The molecule has 0 unspecified atom stereocenters. The van der Waals surface area contributed by atoms with Crippen molar-refractivity contribution < 1.29 is 13.9 Å². The van der Waals surface area contributed by atoms with E-state index in [0.29, 0.717) is 10.8 Å². The third-order valence-corrected chi connectivity index (χ3v) is 3.02. The monoisotopic (exact) mass is 228 g/mol. The molecule has 17 heavy (non-hydrogen) atoms. The van der Waals surface area contributed by atoms with Crippen LogP contribution in [-0.4, -0.2) is 5.11 Å². The molecule has 0 atom stereocenters. The molecule has 1 N–H and O–H groups in total. The minimum absolute atomic E-state index is 0.159. The number of fused-ring (bicyclic) bond motifs is 3. The molecule has 2 heterocycles. The van der Waals surface area contributed by atoms with Crippen LogP contribution in [0.5, 0.6) is 5.75 Å². The average Bonchev–Trinajstić information content (AvgIpc) is 2.31. The molecule has 2 nitrogen and oxygen atoms in total. The number of rotatable bonds is 0. The second-order valence-corrected chi connectivity index (χ2v) is 4.13. The minimum Gasteiger partial charge on any atom is -0.502 e. The molecule has 1 aromatic carbocycles. The van der Waals surface area contributed by atoms with Crippen LogP contribution in [-0.2, 0) is 0 Å². The summed E-state index contributed by atoms with van der Waals surface area (Å²) in [4.78, 5) is 0. The third kappa shape index (κ3) is 1.43. The van der Waals surface area contributed by atoms with Crippen molar-refractivity contribution >= 4 is 16.3 Å². The van der Waals surface area contributed by atoms with Gasteiger partial charge < -0.3 is 5.11 Å². The van der Waals surface area contributed by atoms with Gasteiger partial charge in [-0.05, 0) is 24.3 Å². The Balaban J connectivity index is 2.62. The lowest BCUT2D eigenvalue weighted by Crippen LogP contribution is -2.25. The van der Waals surface area contributed by atoms with E-state index < -0.39 is 0 Å². The van der Waals surface area contributed by atoms with E-state index in [2.05, 4.69) is 0 Å². The lowest BCUT2D eigenvalue weighted by atomic mass is 10.1. The first-order valence-corrected chi connectivity index (χ1v) is 5.39. The molecule has 3 aromatic rings. The Labute approximate surface area is 97.6 Å². The molecule has 0 amide bonds. The van der Waals surface area contributed by atoms with E-state index in [0.717, 1.165) is 11.2 Å². The number of benzene rings is 1. The highest BCUT2D eigenvalue weighted by Gasteiger charge is 2.14. The zero-order chi connectivity index (χ0) is 12.0. The predicted molar refractivity (Wildman–Crippen MR) is 63.5 cm³/mol. The predicted octanol–water partition coefficient (Wildman–Crippen LogP) is 2.73. The van der Waals surface area contributed by atoms with E-state index in [1.165, 1.54) is 12.1 Å². The summed E-state index contributed by atoms with van der Waals surface area (Å²) in [7, 11) is 0. The van der Waals surface area contributed by atoms with Crippen LogP contribution in [0.1, 0.15) is 5.69 Å². The lowest BCUT2D eigenvalue weighted by molar-refractivity contribution is -0.519. The van der Waals surface area contributed by atoms with Gasteiger partial charge in [0.05, 0.1) is 5.39 Å². The summed E-state index contributed by atoms with van der Waals surface area (Å²) in [6.07, 6.45) is 1.66. The van der Waals surface area contributed by atoms with E-state index in [9.17, 15) is 9.50 Å². The van der Waals surface area contributed by atoms with Crippen LogP contribution >= 0.6 is 0 Å². The van der Waals surface area contributed by atoms with Gasteiger partial charge in [0.1, 0.15) is 5.82 Å². The van der Waals surface area contributed by atoms with Crippen LogP contribution in [0, 0.1) is 12.7 Å². The van der Waals surface area contributed by atoms with Gasteiger partial charge in [-0.1, -0.05) is 0 Å². The number of halogens is 1. The van der Waals surface area contributed by atoms with Gasteiger partial charge in [-0.3, -0.25) is 0 Å². The lowest BCUT2D eigenvalue weighted by Gasteiger charge is -2.02. The molecule has 0 aliphatic rings. The summed E-state index contributed by atoms with van der Waals surface area (Å²) in [5.41, 5.74) is 1.88. The fourth-order valence-corrected chi connectivity index (χ4v) is 2.16. The summed E-state index contributed by atoms with van der Waals surface area (Å²) >= 11 is 0. The number of nitrogens with zero attached hydrogens (tertiary/aromatic N) is 1. The fraction of sp³-hybridized carbons (Fsp3) is 0.0714.